The average molecular weight is 348 g/mol. The Bertz CT molecular complexity index is 773. The van der Waals surface area contributed by atoms with Gasteiger partial charge in [0.25, 0.3) is 0 Å². The molecule has 0 aliphatic carbocycles. The first-order chi connectivity index (χ1) is 11.9. The predicted molar refractivity (Wildman–Crippen MR) is 91.6 cm³/mol. The summed E-state index contributed by atoms with van der Waals surface area (Å²) in [7, 11) is 0. The maximum absolute atomic E-state index is 13.1. The van der Waals surface area contributed by atoms with E-state index in [0.29, 0.717) is 0 Å². The Kier molecular flexibility index (Phi) is 4.70. The number of benzene rings is 2. The number of rotatable bonds is 3. The van der Waals surface area contributed by atoms with Gasteiger partial charge >= 0.3 is 6.18 Å². The minimum atomic E-state index is -4.51. The fraction of sp³-hybridized carbons (Fsp3) is 0.316. The highest BCUT2D eigenvalue weighted by molar-refractivity contribution is 5.95. The van der Waals surface area contributed by atoms with Crippen LogP contribution in [0.2, 0.25) is 0 Å². The highest BCUT2D eigenvalue weighted by atomic mass is 19.4. The number of alkyl halides is 3. The first kappa shape index (κ1) is 17.3. The lowest BCUT2D eigenvalue weighted by atomic mass is 9.96. The lowest BCUT2D eigenvalue weighted by Crippen LogP contribution is -2.42. The molecule has 25 heavy (non-hydrogen) atoms. The molecule has 3 rings (SSSR count). The molecule has 0 saturated carbocycles. The Labute approximate surface area is 144 Å². The van der Waals surface area contributed by atoms with Crippen LogP contribution >= 0.6 is 0 Å². The summed E-state index contributed by atoms with van der Waals surface area (Å²) in [4.78, 5) is 14.3. The summed E-state index contributed by atoms with van der Waals surface area (Å²) in [5, 5.41) is 2.42. The minimum absolute atomic E-state index is 0.0182. The van der Waals surface area contributed by atoms with Crippen molar-refractivity contribution >= 4 is 17.3 Å². The minimum Gasteiger partial charge on any atom is -0.359 e. The number of carbonyl (C=O) groups excluding carboxylic acids is 1. The molecule has 0 fully saturated rings. The van der Waals surface area contributed by atoms with Crippen LogP contribution in [0.1, 0.15) is 24.5 Å². The second kappa shape index (κ2) is 6.78. The van der Waals surface area contributed by atoms with Crippen molar-refractivity contribution in [1.29, 1.82) is 0 Å². The molecule has 6 heteroatoms. The van der Waals surface area contributed by atoms with Gasteiger partial charge in [0.2, 0.25) is 5.91 Å². The second-order valence-electron chi connectivity index (χ2n) is 6.24. The van der Waals surface area contributed by atoms with Crippen molar-refractivity contribution in [3.63, 3.8) is 0 Å². The molecule has 0 bridgehead atoms. The van der Waals surface area contributed by atoms with Crippen LogP contribution in [0.4, 0.5) is 24.5 Å². The number of aryl methyl sites for hydroxylation is 1. The first-order valence-electron chi connectivity index (χ1n) is 8.17. The monoisotopic (exact) mass is 348 g/mol. The fourth-order valence-corrected chi connectivity index (χ4v) is 3.18. The number of halogens is 3. The van der Waals surface area contributed by atoms with E-state index in [9.17, 15) is 18.0 Å². The molecule has 1 amide bonds. The predicted octanol–water partition coefficient (Wildman–Crippen LogP) is 4.49. The van der Waals surface area contributed by atoms with Gasteiger partial charge in [-0.2, -0.15) is 13.2 Å². The van der Waals surface area contributed by atoms with Gasteiger partial charge in [-0.25, -0.2) is 0 Å². The van der Waals surface area contributed by atoms with E-state index in [2.05, 4.69) is 5.32 Å². The van der Waals surface area contributed by atoms with E-state index >= 15 is 0 Å². The lowest BCUT2D eigenvalue weighted by molar-refractivity contribution is -0.137. The molecule has 2 aromatic rings. The molecule has 3 nitrogen and oxygen atoms in total. The van der Waals surface area contributed by atoms with E-state index < -0.39 is 17.6 Å². The van der Waals surface area contributed by atoms with Crippen LogP contribution in [0, 0.1) is 0 Å². The van der Waals surface area contributed by atoms with Crippen molar-refractivity contribution in [1.82, 2.24) is 0 Å². The van der Waals surface area contributed by atoms with Crippen molar-refractivity contribution in [2.75, 3.05) is 16.8 Å². The summed E-state index contributed by atoms with van der Waals surface area (Å²) < 4.78 is 39.2. The van der Waals surface area contributed by atoms with Crippen LogP contribution in [-0.2, 0) is 17.4 Å². The number of fused-ring (bicyclic) bond motifs is 1. The van der Waals surface area contributed by atoms with Gasteiger partial charge in [-0.3, -0.25) is 4.79 Å². The maximum Gasteiger partial charge on any atom is 0.418 e. The zero-order chi connectivity index (χ0) is 18.0. The van der Waals surface area contributed by atoms with Crippen molar-refractivity contribution in [2.24, 2.45) is 0 Å². The van der Waals surface area contributed by atoms with Crippen LogP contribution in [-0.4, -0.2) is 18.5 Å². The number of nitrogens with zero attached hydrogens (tertiary/aromatic N) is 1. The molecular weight excluding hydrogens is 329 g/mol. The van der Waals surface area contributed by atoms with E-state index in [4.69, 9.17) is 0 Å². The van der Waals surface area contributed by atoms with Gasteiger partial charge in [0.15, 0.2) is 0 Å². The number of anilines is 2. The van der Waals surface area contributed by atoms with E-state index in [1.807, 2.05) is 36.1 Å². The zero-order valence-electron chi connectivity index (χ0n) is 13.8. The number of carbonyl (C=O) groups is 1. The number of amides is 1. The summed E-state index contributed by atoms with van der Waals surface area (Å²) in [6.07, 6.45) is -2.66. The van der Waals surface area contributed by atoms with Gasteiger partial charge in [-0.05, 0) is 43.5 Å². The van der Waals surface area contributed by atoms with E-state index in [-0.39, 0.29) is 18.3 Å². The molecule has 0 unspecified atom stereocenters. The van der Waals surface area contributed by atoms with Crippen LogP contribution in [0.15, 0.2) is 48.5 Å². The van der Waals surface area contributed by atoms with Crippen LogP contribution < -0.4 is 10.2 Å². The Hall–Kier alpha value is -2.50. The molecule has 0 saturated heterocycles. The largest absolute Gasteiger partial charge is 0.418 e. The third kappa shape index (κ3) is 3.78. The quantitative estimate of drug-likeness (QED) is 0.887. The van der Waals surface area contributed by atoms with Crippen molar-refractivity contribution < 1.29 is 18.0 Å². The smallest absolute Gasteiger partial charge is 0.359 e. The van der Waals surface area contributed by atoms with Gasteiger partial charge in [0.05, 0.1) is 17.8 Å². The third-order valence-electron chi connectivity index (χ3n) is 4.49. The van der Waals surface area contributed by atoms with Crippen LogP contribution in [0.3, 0.4) is 0 Å². The molecule has 1 aliphatic heterocycles. The summed E-state index contributed by atoms with van der Waals surface area (Å²) >= 11 is 0. The molecule has 1 N–H and O–H groups in total. The van der Waals surface area contributed by atoms with Gasteiger partial charge in [0, 0.05) is 11.7 Å². The topological polar surface area (TPSA) is 32.3 Å². The van der Waals surface area contributed by atoms with Crippen LogP contribution in [0.25, 0.3) is 0 Å². The number of para-hydroxylation sites is 2. The SMILES string of the molecule is C[C@H]1CCc2ccccc2N1CC(=O)Nc1ccccc1C(F)(F)F. The molecule has 0 spiro atoms. The Morgan fingerprint density at radius 1 is 1.16 bits per heavy atom. The first-order valence-corrected chi connectivity index (χ1v) is 8.17. The molecular formula is C19H19F3N2O. The molecule has 0 aromatic heterocycles. The highest BCUT2D eigenvalue weighted by Gasteiger charge is 2.34. The average Bonchev–Trinajstić information content (AvgIpc) is 2.57. The summed E-state index contributed by atoms with van der Waals surface area (Å²) in [5.41, 5.74) is 1.08. The summed E-state index contributed by atoms with van der Waals surface area (Å²) in [5.74, 6) is -0.458. The molecule has 1 atom stereocenters. The summed E-state index contributed by atoms with van der Waals surface area (Å²) in [6.45, 7) is 2.04. The number of hydrogen-bond donors (Lipinski definition) is 1. The van der Waals surface area contributed by atoms with Gasteiger partial charge in [-0.15, -0.1) is 0 Å². The molecule has 132 valence electrons. The number of hydrogen-bond acceptors (Lipinski definition) is 2. The van der Waals surface area contributed by atoms with Gasteiger partial charge in [-0.1, -0.05) is 30.3 Å². The lowest BCUT2D eigenvalue weighted by Gasteiger charge is -2.36. The molecule has 1 aliphatic rings. The Morgan fingerprint density at radius 3 is 2.60 bits per heavy atom. The standard InChI is InChI=1S/C19H19F3N2O/c1-13-10-11-14-6-2-5-9-17(14)24(13)12-18(25)23-16-8-4-3-7-15(16)19(20,21)22/h2-9,13H,10-12H2,1H3,(H,23,25)/t13-/m0/s1. The van der Waals surface area contributed by atoms with Crippen molar-refractivity contribution in [3.05, 3.63) is 59.7 Å². The third-order valence-corrected chi connectivity index (χ3v) is 4.49. The van der Waals surface area contributed by atoms with E-state index in [0.717, 1.165) is 30.2 Å². The van der Waals surface area contributed by atoms with E-state index in [1.165, 1.54) is 18.2 Å². The zero-order valence-corrected chi connectivity index (χ0v) is 13.8. The fourth-order valence-electron chi connectivity index (χ4n) is 3.18. The normalized spacial score (nSPS) is 17.1. The maximum atomic E-state index is 13.1. The van der Waals surface area contributed by atoms with E-state index in [1.54, 1.807) is 0 Å². The second-order valence-corrected chi connectivity index (χ2v) is 6.24. The Morgan fingerprint density at radius 2 is 1.84 bits per heavy atom. The van der Waals surface area contributed by atoms with Gasteiger partial charge < -0.3 is 10.2 Å². The molecule has 1 heterocycles. The van der Waals surface area contributed by atoms with Gasteiger partial charge in [0.1, 0.15) is 0 Å². The summed E-state index contributed by atoms with van der Waals surface area (Å²) in [6, 6.07) is 13.0. The number of nitrogens with one attached hydrogen (secondary N) is 1. The Balaban J connectivity index is 1.78. The highest BCUT2D eigenvalue weighted by Crippen LogP contribution is 2.35. The van der Waals surface area contributed by atoms with Crippen molar-refractivity contribution in [2.45, 2.75) is 32.0 Å². The molecule has 0 radical (unpaired) electrons. The molecule has 2 aromatic carbocycles. The van der Waals surface area contributed by atoms with Crippen molar-refractivity contribution in [3.8, 4) is 0 Å². The van der Waals surface area contributed by atoms with Crippen LogP contribution in [0.5, 0.6) is 0 Å².